The minimum absolute atomic E-state index is 0.0360. The molecule has 0 spiro atoms. The van der Waals surface area contributed by atoms with E-state index in [2.05, 4.69) is 10.3 Å². The largest absolute Gasteiger partial charge is 0.460 e. The Morgan fingerprint density at radius 1 is 1.17 bits per heavy atom. The molecule has 2 aromatic rings. The number of hydrogen-bond donors (Lipinski definition) is 3. The Bertz CT molecular complexity index is 1080. The molecule has 0 saturated carbocycles. The second kappa shape index (κ2) is 6.93. The number of aliphatic imine (C=N–C) groups is 1. The number of benzene rings is 1. The summed E-state index contributed by atoms with van der Waals surface area (Å²) in [5.41, 5.74) is 12.1. The minimum atomic E-state index is -4.53. The van der Waals surface area contributed by atoms with Crippen LogP contribution in [0.4, 0.5) is 13.2 Å². The first-order valence-corrected chi connectivity index (χ1v) is 8.81. The number of halogens is 3. The number of hydrogen-bond acceptors (Lipinski definition) is 6. The molecule has 4 rings (SSSR count). The topological polar surface area (TPSA) is 107 Å². The third-order valence-corrected chi connectivity index (χ3v) is 4.93. The van der Waals surface area contributed by atoms with Crippen LogP contribution in [0.25, 0.3) is 11.3 Å². The van der Waals surface area contributed by atoms with Crippen molar-refractivity contribution in [3.63, 3.8) is 0 Å². The SMILES string of the molecule is N/C=C1\C(N)=NC2=C(C(=O)CNC2)C1c1ccc(-c2ccccc2C(F)(F)F)o1. The summed E-state index contributed by atoms with van der Waals surface area (Å²) in [6.45, 7) is 0.466. The zero-order valence-corrected chi connectivity index (χ0v) is 15.1. The predicted octanol–water partition coefficient (Wildman–Crippen LogP) is 2.69. The van der Waals surface area contributed by atoms with E-state index in [9.17, 15) is 18.0 Å². The van der Waals surface area contributed by atoms with Crippen molar-refractivity contribution in [1.29, 1.82) is 0 Å². The highest BCUT2D eigenvalue weighted by molar-refractivity contribution is 6.08. The molecule has 9 heteroatoms. The summed E-state index contributed by atoms with van der Waals surface area (Å²) in [5.74, 6) is -0.473. The van der Waals surface area contributed by atoms with E-state index in [-0.39, 0.29) is 35.2 Å². The van der Waals surface area contributed by atoms with Gasteiger partial charge in [0.15, 0.2) is 5.78 Å². The highest BCUT2D eigenvalue weighted by Gasteiger charge is 2.38. The van der Waals surface area contributed by atoms with Crippen molar-refractivity contribution >= 4 is 11.6 Å². The normalized spacial score (nSPS) is 21.3. The lowest BCUT2D eigenvalue weighted by Crippen LogP contribution is -2.39. The fourth-order valence-electron chi connectivity index (χ4n) is 3.66. The number of rotatable bonds is 2. The lowest BCUT2D eigenvalue weighted by atomic mass is 9.81. The fraction of sp³-hybridized carbons (Fsp3) is 0.200. The van der Waals surface area contributed by atoms with Gasteiger partial charge in [0, 0.05) is 29.5 Å². The molecule has 1 aromatic carbocycles. The van der Waals surface area contributed by atoms with E-state index in [0.717, 1.165) is 6.07 Å². The van der Waals surface area contributed by atoms with Gasteiger partial charge in [-0.15, -0.1) is 0 Å². The first kappa shape index (κ1) is 19.0. The van der Waals surface area contributed by atoms with Gasteiger partial charge >= 0.3 is 6.18 Å². The number of ketones is 1. The van der Waals surface area contributed by atoms with E-state index in [1.807, 2.05) is 0 Å². The fourth-order valence-corrected chi connectivity index (χ4v) is 3.66. The lowest BCUT2D eigenvalue weighted by molar-refractivity contribution is -0.137. The summed E-state index contributed by atoms with van der Waals surface area (Å²) >= 11 is 0. The molecular weight excluding hydrogens is 385 g/mol. The molecule has 29 heavy (non-hydrogen) atoms. The van der Waals surface area contributed by atoms with Crippen LogP contribution in [-0.2, 0) is 11.0 Å². The summed E-state index contributed by atoms with van der Waals surface area (Å²) in [5, 5.41) is 2.94. The third kappa shape index (κ3) is 3.23. The van der Waals surface area contributed by atoms with E-state index in [1.54, 1.807) is 0 Å². The van der Waals surface area contributed by atoms with Gasteiger partial charge in [-0.25, -0.2) is 4.99 Å². The smallest absolute Gasteiger partial charge is 0.417 e. The number of amidine groups is 1. The van der Waals surface area contributed by atoms with E-state index >= 15 is 0 Å². The molecule has 1 unspecified atom stereocenters. The monoisotopic (exact) mass is 402 g/mol. The van der Waals surface area contributed by atoms with Gasteiger partial charge < -0.3 is 21.2 Å². The van der Waals surface area contributed by atoms with E-state index < -0.39 is 17.7 Å². The Morgan fingerprint density at radius 2 is 1.93 bits per heavy atom. The van der Waals surface area contributed by atoms with E-state index in [0.29, 0.717) is 23.4 Å². The quantitative estimate of drug-likeness (QED) is 0.716. The van der Waals surface area contributed by atoms with Gasteiger partial charge in [0.2, 0.25) is 0 Å². The van der Waals surface area contributed by atoms with Crippen molar-refractivity contribution in [2.45, 2.75) is 12.1 Å². The first-order chi connectivity index (χ1) is 13.8. The van der Waals surface area contributed by atoms with Crippen molar-refractivity contribution in [2.24, 2.45) is 16.5 Å². The van der Waals surface area contributed by atoms with Crippen LogP contribution in [0.1, 0.15) is 17.2 Å². The maximum atomic E-state index is 13.4. The van der Waals surface area contributed by atoms with Crippen molar-refractivity contribution < 1.29 is 22.4 Å². The molecule has 0 radical (unpaired) electrons. The van der Waals surface area contributed by atoms with Gasteiger partial charge in [-0.2, -0.15) is 13.2 Å². The molecule has 3 heterocycles. The van der Waals surface area contributed by atoms with Gasteiger partial charge in [-0.1, -0.05) is 18.2 Å². The first-order valence-electron chi connectivity index (χ1n) is 8.81. The van der Waals surface area contributed by atoms with Crippen LogP contribution >= 0.6 is 0 Å². The molecule has 0 fully saturated rings. The highest BCUT2D eigenvalue weighted by Crippen LogP contribution is 2.42. The average Bonchev–Trinajstić information content (AvgIpc) is 3.16. The second-order valence-electron chi connectivity index (χ2n) is 6.68. The number of nitrogens with zero attached hydrogens (tertiary/aromatic N) is 1. The minimum Gasteiger partial charge on any atom is -0.460 e. The molecule has 2 aliphatic heterocycles. The second-order valence-corrected chi connectivity index (χ2v) is 6.68. The Labute approximate surface area is 163 Å². The van der Waals surface area contributed by atoms with Crippen molar-refractivity contribution in [3.8, 4) is 11.3 Å². The Kier molecular flexibility index (Phi) is 4.54. The number of nitrogens with two attached hydrogens (primary N) is 2. The molecule has 1 aromatic heterocycles. The van der Waals surface area contributed by atoms with Gasteiger partial charge in [0.1, 0.15) is 17.4 Å². The van der Waals surface area contributed by atoms with Gasteiger partial charge in [-0.05, 0) is 18.2 Å². The maximum Gasteiger partial charge on any atom is 0.417 e. The Hall–Kier alpha value is -3.33. The molecule has 0 aliphatic carbocycles. The molecular formula is C20H17F3N4O2. The number of nitrogens with one attached hydrogen (secondary N) is 1. The van der Waals surface area contributed by atoms with Crippen LogP contribution in [0.3, 0.4) is 0 Å². The average molecular weight is 402 g/mol. The highest BCUT2D eigenvalue weighted by atomic mass is 19.4. The van der Waals surface area contributed by atoms with E-state index in [1.165, 1.54) is 36.5 Å². The summed E-state index contributed by atoms with van der Waals surface area (Å²) in [6.07, 6.45) is -3.29. The van der Waals surface area contributed by atoms with Crippen LogP contribution in [0.5, 0.6) is 0 Å². The number of Topliss-reactive ketones (excluding diaryl/α,β-unsaturated/α-hetero) is 1. The zero-order valence-electron chi connectivity index (χ0n) is 15.1. The van der Waals surface area contributed by atoms with Crippen molar-refractivity contribution in [1.82, 2.24) is 5.32 Å². The third-order valence-electron chi connectivity index (χ3n) is 4.93. The zero-order chi connectivity index (χ0) is 20.8. The predicted molar refractivity (Wildman–Crippen MR) is 101 cm³/mol. The van der Waals surface area contributed by atoms with Crippen LogP contribution in [0.15, 0.2) is 68.9 Å². The Morgan fingerprint density at radius 3 is 2.66 bits per heavy atom. The summed E-state index contributed by atoms with van der Waals surface area (Å²) in [7, 11) is 0. The molecule has 0 saturated heterocycles. The van der Waals surface area contributed by atoms with Crippen molar-refractivity contribution in [3.05, 3.63) is 70.8 Å². The van der Waals surface area contributed by atoms with Crippen molar-refractivity contribution in [2.75, 3.05) is 13.1 Å². The molecule has 2 aliphatic rings. The number of carbonyl (C=O) groups excluding carboxylic acids is 1. The van der Waals surface area contributed by atoms with Crippen LogP contribution < -0.4 is 16.8 Å². The van der Waals surface area contributed by atoms with Gasteiger partial charge in [-0.3, -0.25) is 4.79 Å². The maximum absolute atomic E-state index is 13.4. The van der Waals surface area contributed by atoms with E-state index in [4.69, 9.17) is 15.9 Å². The summed E-state index contributed by atoms with van der Waals surface area (Å²) < 4.78 is 45.9. The lowest BCUT2D eigenvalue weighted by Gasteiger charge is -2.29. The standard InChI is InChI=1S/C20H17F3N4O2/c21-20(22,23)12-4-2-1-3-10(12)15-5-6-16(29-15)17-11(7-24)19(25)27-13-8-26-9-14(28)18(13)17/h1-7,17,26H,8-9,24H2,(H2,25,27)/b11-7-. The van der Waals surface area contributed by atoms with Crippen LogP contribution in [-0.4, -0.2) is 24.7 Å². The van der Waals surface area contributed by atoms with Gasteiger partial charge in [0.25, 0.3) is 0 Å². The molecule has 5 N–H and O–H groups in total. The number of carbonyl (C=O) groups is 1. The molecule has 150 valence electrons. The molecule has 6 nitrogen and oxygen atoms in total. The number of furan rings is 1. The van der Waals surface area contributed by atoms with Crippen LogP contribution in [0, 0.1) is 0 Å². The van der Waals surface area contributed by atoms with Crippen LogP contribution in [0.2, 0.25) is 0 Å². The molecule has 0 amide bonds. The molecule has 0 bridgehead atoms. The number of alkyl halides is 3. The van der Waals surface area contributed by atoms with Gasteiger partial charge in [0.05, 0.1) is 23.7 Å². The summed E-state index contributed by atoms with van der Waals surface area (Å²) in [4.78, 5) is 16.8. The molecule has 1 atom stereocenters. The summed E-state index contributed by atoms with van der Waals surface area (Å²) in [6, 6.07) is 8.12. The Balaban J connectivity index is 1.83.